The fourth-order valence-corrected chi connectivity index (χ4v) is 3.01. The van der Waals surface area contributed by atoms with Crippen molar-refractivity contribution in [2.24, 2.45) is 0 Å². The first-order chi connectivity index (χ1) is 12.1. The highest BCUT2D eigenvalue weighted by molar-refractivity contribution is 9.10. The highest BCUT2D eigenvalue weighted by Crippen LogP contribution is 2.27. The molecule has 2 heterocycles. The van der Waals surface area contributed by atoms with Gasteiger partial charge < -0.3 is 14.2 Å². The maximum Gasteiger partial charge on any atom is 0.291 e. The molecule has 0 aliphatic carbocycles. The fourth-order valence-electron chi connectivity index (χ4n) is 2.55. The van der Waals surface area contributed by atoms with Crippen LogP contribution in [0.15, 0.2) is 68.1 Å². The first kappa shape index (κ1) is 15.7. The molecule has 4 aromatic rings. The molecule has 4 rings (SSSR count). The average molecular weight is 397 g/mol. The summed E-state index contributed by atoms with van der Waals surface area (Å²) in [6.07, 6.45) is 1.61. The number of aromatic nitrogens is 1. The molecule has 0 bridgehead atoms. The van der Waals surface area contributed by atoms with Crippen LogP contribution in [-0.2, 0) is 0 Å². The number of rotatable bonds is 3. The summed E-state index contributed by atoms with van der Waals surface area (Å²) >= 11 is 3.42. The molecule has 6 heteroatoms. The van der Waals surface area contributed by atoms with Gasteiger partial charge in [-0.05, 0) is 40.2 Å². The normalized spacial score (nSPS) is 11.0. The maximum absolute atomic E-state index is 12.4. The van der Waals surface area contributed by atoms with Crippen LogP contribution in [0.5, 0.6) is 0 Å². The second-order valence-corrected chi connectivity index (χ2v) is 6.41. The van der Waals surface area contributed by atoms with E-state index in [4.69, 9.17) is 8.83 Å². The van der Waals surface area contributed by atoms with Crippen molar-refractivity contribution in [3.8, 4) is 11.3 Å². The van der Waals surface area contributed by atoms with Crippen LogP contribution in [-0.4, -0.2) is 10.9 Å². The average Bonchev–Trinajstić information content (AvgIpc) is 3.23. The Bertz CT molecular complexity index is 1060. The van der Waals surface area contributed by atoms with E-state index in [9.17, 15) is 4.79 Å². The minimum Gasteiger partial charge on any atom is -0.450 e. The van der Waals surface area contributed by atoms with Crippen molar-refractivity contribution in [2.45, 2.75) is 6.92 Å². The van der Waals surface area contributed by atoms with Gasteiger partial charge in [0, 0.05) is 23.6 Å². The van der Waals surface area contributed by atoms with Gasteiger partial charge in [0.1, 0.15) is 17.5 Å². The van der Waals surface area contributed by atoms with Crippen LogP contribution in [0.2, 0.25) is 0 Å². The first-order valence-corrected chi connectivity index (χ1v) is 8.41. The lowest BCUT2D eigenvalue weighted by atomic mass is 10.1. The highest BCUT2D eigenvalue weighted by Gasteiger charge is 2.14. The monoisotopic (exact) mass is 396 g/mol. The van der Waals surface area contributed by atoms with Gasteiger partial charge in [-0.1, -0.05) is 24.3 Å². The summed E-state index contributed by atoms with van der Waals surface area (Å²) < 4.78 is 11.7. The van der Waals surface area contributed by atoms with E-state index in [2.05, 4.69) is 26.2 Å². The summed E-state index contributed by atoms with van der Waals surface area (Å²) in [6, 6.07) is 14.8. The minimum atomic E-state index is -0.298. The molecule has 0 unspecified atom stereocenters. The number of carbonyl (C=O) groups excluding carboxylic acids is 1. The molecular formula is C19H13BrN2O3. The number of carbonyl (C=O) groups is 1. The number of furan rings is 1. The number of aryl methyl sites for hydroxylation is 1. The lowest BCUT2D eigenvalue weighted by molar-refractivity contribution is 0.0998. The van der Waals surface area contributed by atoms with E-state index in [0.29, 0.717) is 17.2 Å². The standard InChI is InChI=1S/C19H13BrN2O3/c1-11-21-16(10-24-11)12-5-7-14(8-6-12)22-19(23)17-9-13-3-2-4-15(20)18(13)25-17/h2-10H,1H3,(H,22,23). The Kier molecular flexibility index (Phi) is 3.89. The Balaban J connectivity index is 1.54. The summed E-state index contributed by atoms with van der Waals surface area (Å²) in [6.45, 7) is 1.80. The van der Waals surface area contributed by atoms with Crippen LogP contribution in [0.1, 0.15) is 16.4 Å². The number of oxazole rings is 1. The Labute approximate surface area is 151 Å². The van der Waals surface area contributed by atoms with Crippen LogP contribution >= 0.6 is 15.9 Å². The number of nitrogens with zero attached hydrogens (tertiary/aromatic N) is 1. The topological polar surface area (TPSA) is 68.3 Å². The molecule has 124 valence electrons. The molecule has 0 fully saturated rings. The molecule has 0 aliphatic rings. The van der Waals surface area contributed by atoms with Crippen molar-refractivity contribution in [3.05, 3.63) is 70.9 Å². The second-order valence-electron chi connectivity index (χ2n) is 5.55. The van der Waals surface area contributed by atoms with Gasteiger partial charge in [-0.15, -0.1) is 0 Å². The first-order valence-electron chi connectivity index (χ1n) is 7.62. The van der Waals surface area contributed by atoms with Gasteiger partial charge in [0.25, 0.3) is 5.91 Å². The summed E-state index contributed by atoms with van der Waals surface area (Å²) in [7, 11) is 0. The van der Waals surface area contributed by atoms with Gasteiger partial charge in [-0.2, -0.15) is 0 Å². The summed E-state index contributed by atoms with van der Waals surface area (Å²) in [5, 5.41) is 3.70. The minimum absolute atomic E-state index is 0.262. The number of para-hydroxylation sites is 1. The fraction of sp³-hybridized carbons (Fsp3) is 0.0526. The third-order valence-electron chi connectivity index (χ3n) is 3.78. The Morgan fingerprint density at radius 2 is 1.96 bits per heavy atom. The van der Waals surface area contributed by atoms with Crippen molar-refractivity contribution in [2.75, 3.05) is 5.32 Å². The van der Waals surface area contributed by atoms with E-state index < -0.39 is 0 Å². The van der Waals surface area contributed by atoms with Crippen LogP contribution in [0.4, 0.5) is 5.69 Å². The molecule has 0 saturated carbocycles. The van der Waals surface area contributed by atoms with Crippen molar-refractivity contribution in [3.63, 3.8) is 0 Å². The van der Waals surface area contributed by atoms with E-state index in [1.54, 1.807) is 19.3 Å². The predicted octanol–water partition coefficient (Wildman–Crippen LogP) is 5.41. The van der Waals surface area contributed by atoms with Gasteiger partial charge >= 0.3 is 0 Å². The third-order valence-corrected chi connectivity index (χ3v) is 4.40. The van der Waals surface area contributed by atoms with Gasteiger partial charge in [-0.3, -0.25) is 4.79 Å². The molecule has 0 radical (unpaired) electrons. The molecule has 2 aromatic heterocycles. The Morgan fingerprint density at radius 3 is 2.64 bits per heavy atom. The third kappa shape index (κ3) is 3.08. The smallest absolute Gasteiger partial charge is 0.291 e. The molecule has 25 heavy (non-hydrogen) atoms. The Morgan fingerprint density at radius 1 is 1.16 bits per heavy atom. The van der Waals surface area contributed by atoms with Gasteiger partial charge in [0.05, 0.1) is 4.47 Å². The van der Waals surface area contributed by atoms with Crippen LogP contribution < -0.4 is 5.32 Å². The van der Waals surface area contributed by atoms with Crippen molar-refractivity contribution in [1.82, 2.24) is 4.98 Å². The van der Waals surface area contributed by atoms with E-state index >= 15 is 0 Å². The molecule has 1 N–H and O–H groups in total. The largest absolute Gasteiger partial charge is 0.450 e. The zero-order valence-electron chi connectivity index (χ0n) is 13.2. The maximum atomic E-state index is 12.4. The highest BCUT2D eigenvalue weighted by atomic mass is 79.9. The van der Waals surface area contributed by atoms with Crippen molar-refractivity contribution < 1.29 is 13.6 Å². The summed E-state index contributed by atoms with van der Waals surface area (Å²) in [5.41, 5.74) is 3.01. The number of anilines is 1. The van der Waals surface area contributed by atoms with E-state index in [1.807, 2.05) is 42.5 Å². The number of benzene rings is 2. The lowest BCUT2D eigenvalue weighted by Crippen LogP contribution is -2.10. The number of hydrogen-bond acceptors (Lipinski definition) is 4. The SMILES string of the molecule is Cc1nc(-c2ccc(NC(=O)c3cc4cccc(Br)c4o3)cc2)co1. The number of fused-ring (bicyclic) bond motifs is 1. The Hall–Kier alpha value is -2.86. The molecule has 1 amide bonds. The molecule has 0 spiro atoms. The molecular weight excluding hydrogens is 384 g/mol. The van der Waals surface area contributed by atoms with Crippen LogP contribution in [0.3, 0.4) is 0 Å². The van der Waals surface area contributed by atoms with Crippen molar-refractivity contribution in [1.29, 1.82) is 0 Å². The summed E-state index contributed by atoms with van der Waals surface area (Å²) in [5.74, 6) is 0.578. The molecule has 5 nitrogen and oxygen atoms in total. The molecule has 0 atom stereocenters. The van der Waals surface area contributed by atoms with Crippen LogP contribution in [0, 0.1) is 6.92 Å². The van der Waals surface area contributed by atoms with E-state index in [0.717, 1.165) is 21.1 Å². The number of hydrogen-bond donors (Lipinski definition) is 1. The zero-order chi connectivity index (χ0) is 17.4. The number of halogens is 1. The molecule has 0 aliphatic heterocycles. The number of amides is 1. The number of nitrogens with one attached hydrogen (secondary N) is 1. The summed E-state index contributed by atoms with van der Waals surface area (Å²) in [4.78, 5) is 16.7. The molecule has 2 aromatic carbocycles. The predicted molar refractivity (Wildman–Crippen MR) is 98.5 cm³/mol. The molecule has 0 saturated heterocycles. The van der Waals surface area contributed by atoms with Crippen molar-refractivity contribution >= 4 is 38.5 Å². The van der Waals surface area contributed by atoms with Crippen LogP contribution in [0.25, 0.3) is 22.2 Å². The van der Waals surface area contributed by atoms with Gasteiger partial charge in [-0.25, -0.2) is 4.98 Å². The quantitative estimate of drug-likeness (QED) is 0.502. The van der Waals surface area contributed by atoms with E-state index in [-0.39, 0.29) is 11.7 Å². The zero-order valence-corrected chi connectivity index (χ0v) is 14.8. The van der Waals surface area contributed by atoms with E-state index in [1.165, 1.54) is 0 Å². The lowest BCUT2D eigenvalue weighted by Gasteiger charge is -2.04. The van der Waals surface area contributed by atoms with Gasteiger partial charge in [0.2, 0.25) is 0 Å². The second kappa shape index (κ2) is 6.22. The van der Waals surface area contributed by atoms with Gasteiger partial charge in [0.15, 0.2) is 11.7 Å².